The van der Waals surface area contributed by atoms with Gasteiger partial charge in [0.2, 0.25) is 0 Å². The number of hydrogen-bond donors (Lipinski definition) is 1. The summed E-state index contributed by atoms with van der Waals surface area (Å²) >= 11 is 0. The SMILES string of the molecule is CCNC1CCCC1CCOC1CC(C)CCC1C(C)C. The second-order valence-corrected chi connectivity index (χ2v) is 7.88. The van der Waals surface area contributed by atoms with E-state index in [9.17, 15) is 0 Å². The predicted octanol–water partition coefficient (Wildman–Crippen LogP) is 4.63. The fourth-order valence-electron chi connectivity index (χ4n) is 4.59. The quantitative estimate of drug-likeness (QED) is 0.739. The predicted molar refractivity (Wildman–Crippen MR) is 90.5 cm³/mol. The third-order valence-corrected chi connectivity index (χ3v) is 5.91. The van der Waals surface area contributed by atoms with Crippen molar-refractivity contribution in [2.24, 2.45) is 23.7 Å². The van der Waals surface area contributed by atoms with E-state index in [2.05, 4.69) is 33.0 Å². The Kier molecular flexibility index (Phi) is 7.01. The molecule has 2 fully saturated rings. The monoisotopic (exact) mass is 295 g/mol. The highest BCUT2D eigenvalue weighted by Gasteiger charge is 2.32. The van der Waals surface area contributed by atoms with Gasteiger partial charge in [0, 0.05) is 12.6 Å². The van der Waals surface area contributed by atoms with Crippen LogP contribution in [-0.2, 0) is 4.74 Å². The van der Waals surface area contributed by atoms with Crippen LogP contribution in [0.15, 0.2) is 0 Å². The summed E-state index contributed by atoms with van der Waals surface area (Å²) in [5.41, 5.74) is 0. The fourth-order valence-corrected chi connectivity index (χ4v) is 4.59. The third kappa shape index (κ3) is 4.96. The van der Waals surface area contributed by atoms with E-state index in [0.717, 1.165) is 42.9 Å². The topological polar surface area (TPSA) is 21.3 Å². The number of rotatable bonds is 7. The van der Waals surface area contributed by atoms with Crippen LogP contribution in [0.25, 0.3) is 0 Å². The maximum Gasteiger partial charge on any atom is 0.0608 e. The molecule has 0 heterocycles. The number of ether oxygens (including phenoxy) is 1. The standard InChI is InChI=1S/C19H37NO/c1-5-20-18-8-6-7-16(18)11-12-21-19-13-15(4)9-10-17(19)14(2)3/h14-20H,5-13H2,1-4H3. The van der Waals surface area contributed by atoms with E-state index in [0.29, 0.717) is 6.10 Å². The molecule has 124 valence electrons. The molecule has 0 amide bonds. The first-order chi connectivity index (χ1) is 10.1. The molecular formula is C19H37NO. The van der Waals surface area contributed by atoms with Crippen LogP contribution < -0.4 is 5.32 Å². The molecule has 2 aliphatic carbocycles. The minimum atomic E-state index is 0.521. The van der Waals surface area contributed by atoms with Crippen LogP contribution in [0.4, 0.5) is 0 Å². The summed E-state index contributed by atoms with van der Waals surface area (Å²) in [6, 6.07) is 0.754. The Morgan fingerprint density at radius 1 is 1.14 bits per heavy atom. The molecule has 2 rings (SSSR count). The van der Waals surface area contributed by atoms with Gasteiger partial charge in [-0.2, -0.15) is 0 Å². The van der Waals surface area contributed by atoms with Crippen LogP contribution in [0.5, 0.6) is 0 Å². The minimum Gasteiger partial charge on any atom is -0.378 e. The number of nitrogens with one attached hydrogen (secondary N) is 1. The first kappa shape index (κ1) is 17.3. The molecule has 0 aromatic heterocycles. The summed E-state index contributed by atoms with van der Waals surface area (Å²) < 4.78 is 6.39. The molecule has 1 N–H and O–H groups in total. The Balaban J connectivity index is 1.75. The summed E-state index contributed by atoms with van der Waals surface area (Å²) in [6.07, 6.45) is 9.99. The van der Waals surface area contributed by atoms with Crippen LogP contribution in [0, 0.1) is 23.7 Å². The van der Waals surface area contributed by atoms with Crippen molar-refractivity contribution in [2.45, 2.75) is 84.8 Å². The van der Waals surface area contributed by atoms with Crippen molar-refractivity contribution in [3.05, 3.63) is 0 Å². The molecule has 0 saturated heterocycles. The van der Waals surface area contributed by atoms with E-state index in [1.165, 1.54) is 44.9 Å². The van der Waals surface area contributed by atoms with Gasteiger partial charge < -0.3 is 10.1 Å². The highest BCUT2D eigenvalue weighted by Crippen LogP contribution is 2.36. The van der Waals surface area contributed by atoms with Crippen LogP contribution in [0.3, 0.4) is 0 Å². The Labute approximate surface area is 132 Å². The molecule has 0 bridgehead atoms. The van der Waals surface area contributed by atoms with Crippen LogP contribution in [-0.4, -0.2) is 25.3 Å². The highest BCUT2D eigenvalue weighted by molar-refractivity contribution is 4.84. The molecule has 21 heavy (non-hydrogen) atoms. The molecule has 5 atom stereocenters. The Bertz CT molecular complexity index is 291. The van der Waals surface area contributed by atoms with Gasteiger partial charge in [-0.05, 0) is 62.3 Å². The smallest absolute Gasteiger partial charge is 0.0608 e. The molecule has 5 unspecified atom stereocenters. The molecule has 0 aromatic rings. The lowest BCUT2D eigenvalue weighted by Crippen LogP contribution is -2.36. The molecule has 0 radical (unpaired) electrons. The molecule has 2 saturated carbocycles. The zero-order chi connectivity index (χ0) is 15.2. The average molecular weight is 296 g/mol. The maximum absolute atomic E-state index is 6.39. The molecular weight excluding hydrogens is 258 g/mol. The summed E-state index contributed by atoms with van der Waals surface area (Å²) in [5.74, 6) is 3.26. The van der Waals surface area contributed by atoms with Gasteiger partial charge in [0.25, 0.3) is 0 Å². The van der Waals surface area contributed by atoms with Gasteiger partial charge in [0.05, 0.1) is 6.10 Å². The van der Waals surface area contributed by atoms with Gasteiger partial charge in [-0.1, -0.05) is 40.5 Å². The first-order valence-corrected chi connectivity index (χ1v) is 9.46. The second-order valence-electron chi connectivity index (χ2n) is 7.88. The van der Waals surface area contributed by atoms with E-state index in [1.54, 1.807) is 0 Å². The lowest BCUT2D eigenvalue weighted by Gasteiger charge is -2.37. The zero-order valence-electron chi connectivity index (χ0n) is 14.7. The van der Waals surface area contributed by atoms with Crippen molar-refractivity contribution in [3.8, 4) is 0 Å². The van der Waals surface area contributed by atoms with Crippen molar-refractivity contribution in [1.82, 2.24) is 5.32 Å². The second kappa shape index (κ2) is 8.53. The van der Waals surface area contributed by atoms with E-state index >= 15 is 0 Å². The normalized spacial score (nSPS) is 37.3. The molecule has 0 aromatic carbocycles. The Morgan fingerprint density at radius 3 is 2.67 bits per heavy atom. The van der Waals surface area contributed by atoms with Gasteiger partial charge in [-0.25, -0.2) is 0 Å². The van der Waals surface area contributed by atoms with Gasteiger partial charge >= 0.3 is 0 Å². The van der Waals surface area contributed by atoms with Crippen molar-refractivity contribution < 1.29 is 4.74 Å². The zero-order valence-corrected chi connectivity index (χ0v) is 14.7. The summed E-state index contributed by atoms with van der Waals surface area (Å²) in [5, 5.41) is 3.66. The van der Waals surface area contributed by atoms with Crippen LogP contribution in [0.1, 0.15) is 72.6 Å². The molecule has 2 nitrogen and oxygen atoms in total. The van der Waals surface area contributed by atoms with Gasteiger partial charge in [-0.15, -0.1) is 0 Å². The van der Waals surface area contributed by atoms with Gasteiger partial charge in [0.1, 0.15) is 0 Å². The highest BCUT2D eigenvalue weighted by atomic mass is 16.5. The summed E-state index contributed by atoms with van der Waals surface area (Å²) in [4.78, 5) is 0. The van der Waals surface area contributed by atoms with E-state index in [4.69, 9.17) is 4.74 Å². The summed E-state index contributed by atoms with van der Waals surface area (Å²) in [6.45, 7) is 11.4. The first-order valence-electron chi connectivity index (χ1n) is 9.46. The third-order valence-electron chi connectivity index (χ3n) is 5.91. The van der Waals surface area contributed by atoms with E-state index in [-0.39, 0.29) is 0 Å². The maximum atomic E-state index is 6.39. The summed E-state index contributed by atoms with van der Waals surface area (Å²) in [7, 11) is 0. The van der Waals surface area contributed by atoms with Gasteiger partial charge in [0.15, 0.2) is 0 Å². The van der Waals surface area contributed by atoms with Crippen molar-refractivity contribution in [3.63, 3.8) is 0 Å². The Hall–Kier alpha value is -0.0800. The van der Waals surface area contributed by atoms with Crippen LogP contribution >= 0.6 is 0 Å². The van der Waals surface area contributed by atoms with E-state index in [1.807, 2.05) is 0 Å². The molecule has 0 spiro atoms. The van der Waals surface area contributed by atoms with Crippen LogP contribution in [0.2, 0.25) is 0 Å². The molecule has 2 aliphatic rings. The lowest BCUT2D eigenvalue weighted by atomic mass is 9.75. The van der Waals surface area contributed by atoms with Crippen molar-refractivity contribution in [1.29, 1.82) is 0 Å². The minimum absolute atomic E-state index is 0.521. The Morgan fingerprint density at radius 2 is 1.95 bits per heavy atom. The average Bonchev–Trinajstić information content (AvgIpc) is 2.86. The molecule has 0 aliphatic heterocycles. The van der Waals surface area contributed by atoms with Gasteiger partial charge in [-0.3, -0.25) is 0 Å². The fraction of sp³-hybridized carbons (Fsp3) is 1.00. The molecule has 2 heteroatoms. The lowest BCUT2D eigenvalue weighted by molar-refractivity contribution is -0.0428. The largest absolute Gasteiger partial charge is 0.378 e. The number of hydrogen-bond acceptors (Lipinski definition) is 2. The van der Waals surface area contributed by atoms with Crippen molar-refractivity contribution in [2.75, 3.05) is 13.2 Å². The van der Waals surface area contributed by atoms with Crippen molar-refractivity contribution >= 4 is 0 Å². The van der Waals surface area contributed by atoms with E-state index < -0.39 is 0 Å².